The first-order valence-electron chi connectivity index (χ1n) is 32.2. The van der Waals surface area contributed by atoms with Crippen LogP contribution in [0.4, 0.5) is 34.1 Å². The van der Waals surface area contributed by atoms with Crippen LogP contribution in [0.25, 0.3) is 99.1 Å². The van der Waals surface area contributed by atoms with Gasteiger partial charge in [-0.1, -0.05) is 303 Å². The van der Waals surface area contributed by atoms with Crippen LogP contribution in [-0.2, 0) is 10.8 Å². The fourth-order valence-electron chi connectivity index (χ4n) is 17.6. The summed E-state index contributed by atoms with van der Waals surface area (Å²) in [4.78, 5) is 5.22. The van der Waals surface area contributed by atoms with Crippen LogP contribution in [0, 0.1) is 0 Å². The molecule has 0 bridgehead atoms. The SMILES string of the molecule is c1ccc(-c2ccccc2N(c2cccc3c2-c2ccccc2C32c3ccccc3-c3ccccc32)c2ccc3ccc4c(N(c5ccccc5-c5ccccc5)c5cccc6c5-c5ccccc5C65c6ccccc6-c6ccccc65)ccc5ccc2c3c54)cc1. The third-order valence-electron chi connectivity index (χ3n) is 21.0. The molecule has 20 rings (SSSR count). The molecule has 0 radical (unpaired) electrons. The van der Waals surface area contributed by atoms with E-state index in [-0.39, 0.29) is 0 Å². The smallest absolute Gasteiger partial charge is 0.0726 e. The molecule has 16 aromatic carbocycles. The summed E-state index contributed by atoms with van der Waals surface area (Å²) in [5.41, 5.74) is 31.1. The van der Waals surface area contributed by atoms with Crippen LogP contribution in [0.2, 0.25) is 0 Å². The summed E-state index contributed by atoms with van der Waals surface area (Å²) >= 11 is 0. The van der Waals surface area contributed by atoms with Gasteiger partial charge in [-0.05, 0) is 147 Å². The average molecular weight is 1170 g/mol. The second kappa shape index (κ2) is 19.3. The molecule has 0 heterocycles. The monoisotopic (exact) mass is 1160 g/mol. The third-order valence-corrected chi connectivity index (χ3v) is 21.0. The Hall–Kier alpha value is -11.8. The van der Waals surface area contributed by atoms with Gasteiger partial charge in [-0.2, -0.15) is 0 Å². The minimum Gasteiger partial charge on any atom is -0.309 e. The third kappa shape index (κ3) is 6.67. The van der Waals surface area contributed by atoms with E-state index in [1.165, 1.54) is 121 Å². The molecule has 0 aliphatic heterocycles. The molecule has 0 saturated carbocycles. The van der Waals surface area contributed by atoms with Crippen molar-refractivity contribution in [2.24, 2.45) is 0 Å². The Morgan fingerprint density at radius 1 is 0.174 bits per heavy atom. The van der Waals surface area contributed by atoms with Crippen LogP contribution >= 0.6 is 0 Å². The average Bonchev–Trinajstić information content (AvgIpc) is 1.51. The number of para-hydroxylation sites is 2. The lowest BCUT2D eigenvalue weighted by Crippen LogP contribution is -2.26. The number of hydrogen-bond acceptors (Lipinski definition) is 2. The molecule has 92 heavy (non-hydrogen) atoms. The van der Waals surface area contributed by atoms with Gasteiger partial charge in [-0.25, -0.2) is 0 Å². The molecule has 2 nitrogen and oxygen atoms in total. The summed E-state index contributed by atoms with van der Waals surface area (Å²) < 4.78 is 0. The van der Waals surface area contributed by atoms with Crippen molar-refractivity contribution in [3.05, 3.63) is 384 Å². The lowest BCUT2D eigenvalue weighted by molar-refractivity contribution is 0.794. The zero-order valence-electron chi connectivity index (χ0n) is 50.2. The number of anilines is 6. The Bertz CT molecular complexity index is 5290. The van der Waals surface area contributed by atoms with Gasteiger partial charge in [0.2, 0.25) is 0 Å². The fourth-order valence-corrected chi connectivity index (χ4v) is 17.6. The Kier molecular flexibility index (Phi) is 10.7. The topological polar surface area (TPSA) is 6.48 Å². The summed E-state index contributed by atoms with van der Waals surface area (Å²) in [7, 11) is 0. The van der Waals surface area contributed by atoms with Crippen molar-refractivity contribution in [3.63, 3.8) is 0 Å². The highest BCUT2D eigenvalue weighted by Crippen LogP contribution is 2.67. The normalized spacial score (nSPS) is 13.6. The summed E-state index contributed by atoms with van der Waals surface area (Å²) in [6.45, 7) is 0. The molecule has 0 N–H and O–H groups in total. The van der Waals surface area contributed by atoms with E-state index in [1.807, 2.05) is 0 Å². The molecule has 2 spiro atoms. The Morgan fingerprint density at radius 3 is 0.815 bits per heavy atom. The van der Waals surface area contributed by atoms with Gasteiger partial charge in [0.15, 0.2) is 0 Å². The van der Waals surface area contributed by atoms with Gasteiger partial charge in [0.05, 0.1) is 45.0 Å². The second-order valence-electron chi connectivity index (χ2n) is 25.2. The first kappa shape index (κ1) is 51.1. The highest BCUT2D eigenvalue weighted by atomic mass is 15.2. The lowest BCUT2D eigenvalue weighted by atomic mass is 9.70. The molecule has 2 heteroatoms. The van der Waals surface area contributed by atoms with E-state index in [2.05, 4.69) is 350 Å². The number of nitrogens with zero attached hydrogens (tertiary/aromatic N) is 2. The molecule has 4 aliphatic rings. The summed E-state index contributed by atoms with van der Waals surface area (Å²) in [6.07, 6.45) is 0. The summed E-state index contributed by atoms with van der Waals surface area (Å²) in [5.74, 6) is 0. The van der Waals surface area contributed by atoms with Crippen molar-refractivity contribution in [1.29, 1.82) is 0 Å². The second-order valence-corrected chi connectivity index (χ2v) is 25.2. The van der Waals surface area contributed by atoms with Crippen molar-refractivity contribution in [1.82, 2.24) is 0 Å². The largest absolute Gasteiger partial charge is 0.309 e. The lowest BCUT2D eigenvalue weighted by Gasteiger charge is -2.34. The number of rotatable bonds is 8. The zero-order chi connectivity index (χ0) is 60.2. The maximum atomic E-state index is 2.61. The van der Waals surface area contributed by atoms with Gasteiger partial charge in [0.1, 0.15) is 0 Å². The van der Waals surface area contributed by atoms with E-state index in [1.54, 1.807) is 0 Å². The molecule has 0 atom stereocenters. The van der Waals surface area contributed by atoms with Crippen LogP contribution in [-0.4, -0.2) is 0 Å². The predicted octanol–water partition coefficient (Wildman–Crippen LogP) is 23.5. The zero-order valence-corrected chi connectivity index (χ0v) is 50.2. The molecule has 0 unspecified atom stereocenters. The number of benzene rings is 16. The maximum Gasteiger partial charge on any atom is 0.0726 e. The molecule has 0 aromatic heterocycles. The van der Waals surface area contributed by atoms with Crippen LogP contribution in [0.5, 0.6) is 0 Å². The van der Waals surface area contributed by atoms with E-state index >= 15 is 0 Å². The molecular formula is C90H56N2. The Morgan fingerprint density at radius 2 is 0.446 bits per heavy atom. The van der Waals surface area contributed by atoms with Crippen molar-refractivity contribution in [2.45, 2.75) is 10.8 Å². The van der Waals surface area contributed by atoms with Gasteiger partial charge in [0, 0.05) is 33.0 Å². The van der Waals surface area contributed by atoms with Crippen LogP contribution in [0.15, 0.2) is 340 Å². The fraction of sp³-hybridized carbons (Fsp3) is 0.0222. The van der Waals surface area contributed by atoms with E-state index in [4.69, 9.17) is 0 Å². The Balaban J connectivity index is 0.864. The Labute approximate surface area is 534 Å². The minimum atomic E-state index is -0.516. The van der Waals surface area contributed by atoms with Crippen molar-refractivity contribution >= 4 is 66.4 Å². The highest BCUT2D eigenvalue weighted by Gasteiger charge is 2.54. The first-order valence-corrected chi connectivity index (χ1v) is 32.2. The quantitative estimate of drug-likeness (QED) is 0.140. The maximum absolute atomic E-state index is 2.61. The molecule has 426 valence electrons. The van der Waals surface area contributed by atoms with Crippen LogP contribution < -0.4 is 9.80 Å². The summed E-state index contributed by atoms with van der Waals surface area (Å²) in [6, 6.07) is 128. The molecule has 0 saturated heterocycles. The molecule has 16 aromatic rings. The van der Waals surface area contributed by atoms with Gasteiger partial charge in [-0.3, -0.25) is 0 Å². The number of hydrogen-bond donors (Lipinski definition) is 0. The van der Waals surface area contributed by atoms with Gasteiger partial charge in [0.25, 0.3) is 0 Å². The predicted molar refractivity (Wildman–Crippen MR) is 383 cm³/mol. The van der Waals surface area contributed by atoms with Gasteiger partial charge >= 0.3 is 0 Å². The standard InChI is InChI=1S/C90H56N2/c1-3-25-57(26-4-1)61-29-13-21-45-79(61)91(83-47-23-43-77-87(83)67-35-11-19-41-75(67)89(77)71-37-15-7-31-63(71)64-32-8-16-38-72(64)89)81-55-51-59-50-54-70-82(56-52-60-49-53-69(81)85(59)86(60)70)92(80-46-22-14-30-62(80)58-27-5-2-6-28-58)84-48-24-44-78-88(84)68-36-12-20-42-76(68)90(78)73-39-17-9-33-65(73)66-34-10-18-40-74(66)90/h1-56H. The van der Waals surface area contributed by atoms with E-state index in [0.717, 1.165) is 56.4 Å². The van der Waals surface area contributed by atoms with Crippen molar-refractivity contribution < 1.29 is 0 Å². The minimum absolute atomic E-state index is 0.516. The van der Waals surface area contributed by atoms with E-state index in [0.29, 0.717) is 0 Å². The molecular weight excluding hydrogens is 1110 g/mol. The van der Waals surface area contributed by atoms with E-state index in [9.17, 15) is 0 Å². The van der Waals surface area contributed by atoms with Crippen LogP contribution in [0.3, 0.4) is 0 Å². The molecule has 4 aliphatic carbocycles. The molecule has 0 fully saturated rings. The van der Waals surface area contributed by atoms with Crippen molar-refractivity contribution in [2.75, 3.05) is 9.80 Å². The van der Waals surface area contributed by atoms with Gasteiger partial charge in [-0.15, -0.1) is 0 Å². The number of fused-ring (bicyclic) bond motifs is 20. The first-order chi connectivity index (χ1) is 45.7. The van der Waals surface area contributed by atoms with E-state index < -0.39 is 10.8 Å². The van der Waals surface area contributed by atoms with Crippen LogP contribution in [0.1, 0.15) is 44.5 Å². The van der Waals surface area contributed by atoms with Crippen molar-refractivity contribution in [3.8, 4) is 66.8 Å². The summed E-state index contributed by atoms with van der Waals surface area (Å²) in [5, 5.41) is 7.24. The van der Waals surface area contributed by atoms with Gasteiger partial charge < -0.3 is 9.80 Å². The highest BCUT2D eigenvalue weighted by molar-refractivity contribution is 6.29. The molecule has 0 amide bonds.